The summed E-state index contributed by atoms with van der Waals surface area (Å²) in [5.41, 5.74) is 0.202. The number of carboxylic acid groups (broad SMARTS) is 1. The van der Waals surface area contributed by atoms with Gasteiger partial charge in [0.2, 0.25) is 11.8 Å². The lowest BCUT2D eigenvalue weighted by Crippen LogP contribution is -2.52. The third-order valence-electron chi connectivity index (χ3n) is 7.91. The minimum atomic E-state index is -1.45. The molecule has 1 aliphatic carbocycles. The predicted molar refractivity (Wildman–Crippen MR) is 156 cm³/mol. The average molecular weight is 629 g/mol. The molecule has 0 radical (unpaired) electrons. The van der Waals surface area contributed by atoms with E-state index in [-0.39, 0.29) is 18.0 Å². The standard InChI is InChI=1S/C30H28BrClFN3O4/c1-17(31)4-3-5-24(33)26-22(27(37)35(2)21-11-8-19(9-12-21)28(38)39)16-36(15-18-6-7-18)30(26)23-13-10-20(32)14-25(23)34-29(30)40/h3-5,8-14,18,22,26H,1,6-7,15-16H2,2H3,(H,34,40)(H,38,39)/b4-3-,24-5-/t22-,26?,30-/m1/s1. The smallest absolute Gasteiger partial charge is 0.335 e. The van der Waals surface area contributed by atoms with Crippen molar-refractivity contribution < 1.29 is 23.9 Å². The number of likely N-dealkylation sites (tertiary alicyclic amines) is 1. The molecule has 2 aromatic carbocycles. The van der Waals surface area contributed by atoms with Gasteiger partial charge in [-0.2, -0.15) is 0 Å². The fourth-order valence-corrected chi connectivity index (χ4v) is 6.21. The maximum Gasteiger partial charge on any atom is 0.335 e. The van der Waals surface area contributed by atoms with Gasteiger partial charge in [0.15, 0.2) is 0 Å². The van der Waals surface area contributed by atoms with Gasteiger partial charge in [-0.25, -0.2) is 9.18 Å². The molecule has 2 N–H and O–H groups in total. The van der Waals surface area contributed by atoms with E-state index in [4.69, 9.17) is 11.6 Å². The van der Waals surface area contributed by atoms with Gasteiger partial charge >= 0.3 is 5.97 Å². The van der Waals surface area contributed by atoms with Crippen molar-refractivity contribution in [1.29, 1.82) is 0 Å². The molecule has 208 valence electrons. The van der Waals surface area contributed by atoms with Crippen molar-refractivity contribution in [3.63, 3.8) is 0 Å². The van der Waals surface area contributed by atoms with Gasteiger partial charge in [-0.1, -0.05) is 46.3 Å². The number of aromatic carboxylic acids is 1. The van der Waals surface area contributed by atoms with Gasteiger partial charge in [-0.15, -0.1) is 0 Å². The molecule has 1 saturated carbocycles. The van der Waals surface area contributed by atoms with Crippen LogP contribution >= 0.6 is 27.5 Å². The Bertz CT molecular complexity index is 1460. The molecule has 10 heteroatoms. The summed E-state index contributed by atoms with van der Waals surface area (Å²) < 4.78 is 17.0. The maximum absolute atomic E-state index is 16.4. The molecule has 1 saturated heterocycles. The van der Waals surface area contributed by atoms with Crippen LogP contribution in [0.1, 0.15) is 28.8 Å². The lowest BCUT2D eigenvalue weighted by atomic mass is 9.74. The number of hydrogen-bond acceptors (Lipinski definition) is 4. The third-order valence-corrected chi connectivity index (χ3v) is 8.41. The topological polar surface area (TPSA) is 90.0 Å². The molecule has 5 rings (SSSR count). The summed E-state index contributed by atoms with van der Waals surface area (Å²) in [5.74, 6) is -4.13. The molecular formula is C30H28BrClFN3O4. The van der Waals surface area contributed by atoms with Crippen molar-refractivity contribution in [3.8, 4) is 0 Å². The van der Waals surface area contributed by atoms with E-state index < -0.39 is 35.1 Å². The zero-order valence-corrected chi connectivity index (χ0v) is 24.1. The molecule has 0 bridgehead atoms. The number of hydrogen-bond donors (Lipinski definition) is 2. The molecule has 1 unspecified atom stereocenters. The van der Waals surface area contributed by atoms with E-state index in [2.05, 4.69) is 27.8 Å². The largest absolute Gasteiger partial charge is 0.478 e. The fourth-order valence-electron chi connectivity index (χ4n) is 5.88. The van der Waals surface area contributed by atoms with E-state index >= 15 is 4.39 Å². The normalized spacial score (nSPS) is 24.4. The number of carbonyl (C=O) groups excluding carboxylic acids is 2. The molecule has 3 atom stereocenters. The van der Waals surface area contributed by atoms with Gasteiger partial charge in [-0.3, -0.25) is 14.5 Å². The van der Waals surface area contributed by atoms with Gasteiger partial charge in [-0.05, 0) is 67.3 Å². The quantitative estimate of drug-likeness (QED) is 0.344. The van der Waals surface area contributed by atoms with E-state index in [0.717, 1.165) is 12.8 Å². The summed E-state index contributed by atoms with van der Waals surface area (Å²) in [6.07, 6.45) is 6.38. The number of nitrogens with zero attached hydrogens (tertiary/aromatic N) is 2. The third kappa shape index (κ3) is 5.02. The Labute approximate surface area is 245 Å². The fraction of sp³-hybridized carbons (Fsp3) is 0.300. The first-order valence-corrected chi connectivity index (χ1v) is 14.1. The number of fused-ring (bicyclic) bond motifs is 2. The summed E-state index contributed by atoms with van der Waals surface area (Å²) in [7, 11) is 1.57. The first-order valence-electron chi connectivity index (χ1n) is 12.9. The summed E-state index contributed by atoms with van der Waals surface area (Å²) in [4.78, 5) is 42.8. The van der Waals surface area contributed by atoms with Gasteiger partial charge < -0.3 is 15.3 Å². The number of rotatable bonds is 8. The second-order valence-corrected chi connectivity index (χ2v) is 11.9. The van der Waals surface area contributed by atoms with Crippen molar-refractivity contribution in [1.82, 2.24) is 4.90 Å². The zero-order chi connectivity index (χ0) is 28.8. The second kappa shape index (κ2) is 11.0. The number of halogens is 3. The highest BCUT2D eigenvalue weighted by Gasteiger charge is 2.66. The molecule has 2 aliphatic heterocycles. The van der Waals surface area contributed by atoms with Gasteiger partial charge in [0, 0.05) is 46.6 Å². The van der Waals surface area contributed by atoms with Crippen molar-refractivity contribution in [2.45, 2.75) is 18.4 Å². The second-order valence-electron chi connectivity index (χ2n) is 10.4. The minimum absolute atomic E-state index is 0.0879. The maximum atomic E-state index is 16.4. The number of benzene rings is 2. The summed E-state index contributed by atoms with van der Waals surface area (Å²) in [5, 5.41) is 12.6. The van der Waals surface area contributed by atoms with Crippen molar-refractivity contribution in [2.75, 3.05) is 30.4 Å². The Balaban J connectivity index is 1.62. The van der Waals surface area contributed by atoms with Crippen LogP contribution in [0.4, 0.5) is 15.8 Å². The molecule has 2 fully saturated rings. The number of nitrogens with one attached hydrogen (secondary N) is 1. The lowest BCUT2D eigenvalue weighted by Gasteiger charge is -2.37. The van der Waals surface area contributed by atoms with Crippen LogP contribution in [0, 0.1) is 17.8 Å². The Kier molecular flexibility index (Phi) is 7.74. The number of amides is 2. The molecule has 2 heterocycles. The summed E-state index contributed by atoms with van der Waals surface area (Å²) in [6.45, 7) is 4.45. The van der Waals surface area contributed by atoms with Crippen LogP contribution in [0.25, 0.3) is 0 Å². The highest BCUT2D eigenvalue weighted by atomic mass is 79.9. The molecule has 7 nitrogen and oxygen atoms in total. The summed E-state index contributed by atoms with van der Waals surface area (Å²) in [6, 6.07) is 11.0. The van der Waals surface area contributed by atoms with E-state index in [1.54, 1.807) is 43.5 Å². The molecule has 2 aromatic rings. The van der Waals surface area contributed by atoms with E-state index in [0.29, 0.717) is 38.9 Å². The molecule has 0 aromatic heterocycles. The van der Waals surface area contributed by atoms with Crippen molar-refractivity contribution in [3.05, 3.63) is 93.7 Å². The molecule has 1 spiro atoms. The number of carbonyl (C=O) groups is 3. The predicted octanol–water partition coefficient (Wildman–Crippen LogP) is 6.12. The van der Waals surface area contributed by atoms with Crippen LogP contribution in [0.3, 0.4) is 0 Å². The highest BCUT2D eigenvalue weighted by Crippen LogP contribution is 2.57. The average Bonchev–Trinajstić information content (AvgIpc) is 3.60. The Morgan fingerprint density at radius 1 is 1.27 bits per heavy atom. The first kappa shape index (κ1) is 28.3. The molecular weight excluding hydrogens is 601 g/mol. The van der Waals surface area contributed by atoms with Crippen LogP contribution in [-0.2, 0) is 15.1 Å². The number of anilines is 2. The molecule has 2 amide bonds. The van der Waals surface area contributed by atoms with E-state index in [1.807, 2.05) is 4.90 Å². The van der Waals surface area contributed by atoms with Crippen LogP contribution in [0.15, 0.2) is 77.6 Å². The Morgan fingerprint density at radius 3 is 2.60 bits per heavy atom. The van der Waals surface area contributed by atoms with Gasteiger partial charge in [0.1, 0.15) is 11.4 Å². The Hall–Kier alpha value is -3.27. The lowest BCUT2D eigenvalue weighted by molar-refractivity contribution is -0.128. The van der Waals surface area contributed by atoms with Crippen LogP contribution in [0.5, 0.6) is 0 Å². The monoisotopic (exact) mass is 627 g/mol. The molecule has 40 heavy (non-hydrogen) atoms. The number of carboxylic acids is 1. The Morgan fingerprint density at radius 2 is 1.98 bits per heavy atom. The van der Waals surface area contributed by atoms with Crippen LogP contribution in [-0.4, -0.2) is 47.9 Å². The minimum Gasteiger partial charge on any atom is -0.478 e. The van der Waals surface area contributed by atoms with Crippen LogP contribution < -0.4 is 10.2 Å². The summed E-state index contributed by atoms with van der Waals surface area (Å²) >= 11 is 9.47. The highest BCUT2D eigenvalue weighted by molar-refractivity contribution is 9.11. The van der Waals surface area contributed by atoms with Crippen molar-refractivity contribution >= 4 is 56.7 Å². The van der Waals surface area contributed by atoms with Crippen molar-refractivity contribution in [2.24, 2.45) is 17.8 Å². The zero-order valence-electron chi connectivity index (χ0n) is 21.7. The first-order chi connectivity index (χ1) is 19.0. The van der Waals surface area contributed by atoms with E-state index in [1.165, 1.54) is 29.2 Å². The number of allylic oxidation sites excluding steroid dienone is 4. The van der Waals surface area contributed by atoms with Gasteiger partial charge in [0.05, 0.1) is 17.4 Å². The SMILES string of the molecule is C=C(Br)/C=C\C=C(/F)C1[C@H](C(=O)N(C)c2ccc(C(=O)O)cc2)CN(CC2CC2)[C@@]12C(=O)Nc1cc(Cl)ccc12. The van der Waals surface area contributed by atoms with Crippen LogP contribution in [0.2, 0.25) is 5.02 Å². The molecule has 3 aliphatic rings. The van der Waals surface area contributed by atoms with E-state index in [9.17, 15) is 19.5 Å². The van der Waals surface area contributed by atoms with Gasteiger partial charge in [0.25, 0.3) is 0 Å².